The molecule has 0 aliphatic heterocycles. The number of hydrogen-bond acceptors (Lipinski definition) is 3. The number of sulfone groups is 1. The SMILES string of the molecule is C=CC(C1(O)CCCC1)S(=O)(=O)c1ccc(C)cc1. The molecule has 3 nitrogen and oxygen atoms in total. The monoisotopic (exact) mass is 280 g/mol. The number of hydrogen-bond donors (Lipinski definition) is 1. The van der Waals surface area contributed by atoms with Crippen LogP contribution in [-0.4, -0.2) is 24.4 Å². The summed E-state index contributed by atoms with van der Waals surface area (Å²) in [5.41, 5.74) is -0.153. The van der Waals surface area contributed by atoms with Crippen LogP contribution in [0.15, 0.2) is 41.8 Å². The van der Waals surface area contributed by atoms with E-state index in [1.165, 1.54) is 6.08 Å². The van der Waals surface area contributed by atoms with Crippen LogP contribution >= 0.6 is 0 Å². The fourth-order valence-electron chi connectivity index (χ4n) is 2.78. The normalized spacial score (nSPS) is 20.1. The molecule has 1 aromatic rings. The molecule has 1 saturated carbocycles. The average Bonchev–Trinajstić information content (AvgIpc) is 2.77. The van der Waals surface area contributed by atoms with Gasteiger partial charge in [0.05, 0.1) is 10.5 Å². The summed E-state index contributed by atoms with van der Waals surface area (Å²) in [5, 5.41) is 9.63. The van der Waals surface area contributed by atoms with E-state index in [4.69, 9.17) is 0 Å². The summed E-state index contributed by atoms with van der Waals surface area (Å²) in [5.74, 6) is 0. The molecule has 4 heteroatoms. The lowest BCUT2D eigenvalue weighted by Gasteiger charge is -2.30. The number of aliphatic hydroxyl groups is 1. The van der Waals surface area contributed by atoms with Crippen molar-refractivity contribution in [3.8, 4) is 0 Å². The second kappa shape index (κ2) is 5.10. The van der Waals surface area contributed by atoms with Crippen LogP contribution in [0.3, 0.4) is 0 Å². The first-order valence-electron chi connectivity index (χ1n) is 6.56. The van der Waals surface area contributed by atoms with E-state index in [0.717, 1.165) is 18.4 Å². The zero-order valence-corrected chi connectivity index (χ0v) is 12.0. The largest absolute Gasteiger partial charge is 0.388 e. The van der Waals surface area contributed by atoms with E-state index in [9.17, 15) is 13.5 Å². The van der Waals surface area contributed by atoms with Crippen LogP contribution in [-0.2, 0) is 9.84 Å². The van der Waals surface area contributed by atoms with Gasteiger partial charge >= 0.3 is 0 Å². The lowest BCUT2D eigenvalue weighted by atomic mass is 9.98. The van der Waals surface area contributed by atoms with Gasteiger partial charge in [-0.05, 0) is 31.9 Å². The van der Waals surface area contributed by atoms with Crippen molar-refractivity contribution in [3.05, 3.63) is 42.5 Å². The minimum atomic E-state index is -3.58. The molecule has 0 heterocycles. The summed E-state index contributed by atoms with van der Waals surface area (Å²) in [6.45, 7) is 5.53. The van der Waals surface area contributed by atoms with Gasteiger partial charge in [-0.1, -0.05) is 36.6 Å². The van der Waals surface area contributed by atoms with Gasteiger partial charge in [0, 0.05) is 0 Å². The van der Waals surface area contributed by atoms with E-state index in [1.54, 1.807) is 24.3 Å². The molecule has 1 atom stereocenters. The average molecular weight is 280 g/mol. The first-order chi connectivity index (χ1) is 8.90. The molecule has 104 valence electrons. The first-order valence-corrected chi connectivity index (χ1v) is 8.10. The number of aryl methyl sites for hydroxylation is 1. The van der Waals surface area contributed by atoms with Gasteiger partial charge < -0.3 is 5.11 Å². The Bertz CT molecular complexity index is 552. The van der Waals surface area contributed by atoms with E-state index < -0.39 is 20.7 Å². The van der Waals surface area contributed by atoms with Crippen LogP contribution in [0.1, 0.15) is 31.2 Å². The maximum absolute atomic E-state index is 12.6. The van der Waals surface area contributed by atoms with Crippen molar-refractivity contribution < 1.29 is 13.5 Å². The molecule has 19 heavy (non-hydrogen) atoms. The molecule has 0 saturated heterocycles. The standard InChI is InChI=1S/C15H20O3S/c1-3-14(15(16)10-4-5-11-15)19(17,18)13-8-6-12(2)7-9-13/h3,6-9,14,16H,1,4-5,10-11H2,2H3. The topological polar surface area (TPSA) is 54.4 Å². The fourth-order valence-corrected chi connectivity index (χ4v) is 4.66. The summed E-state index contributed by atoms with van der Waals surface area (Å²) in [6, 6.07) is 6.73. The molecule has 0 radical (unpaired) electrons. The van der Waals surface area contributed by atoms with Crippen LogP contribution in [0.4, 0.5) is 0 Å². The Morgan fingerprint density at radius 1 is 1.26 bits per heavy atom. The Balaban J connectivity index is 2.41. The highest BCUT2D eigenvalue weighted by atomic mass is 32.2. The van der Waals surface area contributed by atoms with Crippen LogP contribution in [0.2, 0.25) is 0 Å². The minimum Gasteiger partial charge on any atom is -0.388 e. The van der Waals surface area contributed by atoms with Gasteiger partial charge in [-0.25, -0.2) is 8.42 Å². The summed E-state index contributed by atoms with van der Waals surface area (Å²) < 4.78 is 25.3. The van der Waals surface area contributed by atoms with Crippen molar-refractivity contribution in [1.82, 2.24) is 0 Å². The molecule has 1 fully saturated rings. The highest BCUT2D eigenvalue weighted by Gasteiger charge is 2.45. The predicted molar refractivity (Wildman–Crippen MR) is 75.8 cm³/mol. The second-order valence-corrected chi connectivity index (χ2v) is 7.39. The molecule has 1 N–H and O–H groups in total. The number of rotatable bonds is 4. The summed E-state index contributed by atoms with van der Waals surface area (Å²) in [7, 11) is -3.58. The highest BCUT2D eigenvalue weighted by molar-refractivity contribution is 7.92. The zero-order chi connectivity index (χ0) is 14.1. The van der Waals surface area contributed by atoms with E-state index >= 15 is 0 Å². The minimum absolute atomic E-state index is 0.253. The van der Waals surface area contributed by atoms with E-state index in [1.807, 2.05) is 6.92 Å². The van der Waals surface area contributed by atoms with Gasteiger partial charge in [-0.15, -0.1) is 6.58 Å². The molecular formula is C15H20O3S. The van der Waals surface area contributed by atoms with Gasteiger partial charge in [0.25, 0.3) is 0 Å². The summed E-state index contributed by atoms with van der Waals surface area (Å²) in [4.78, 5) is 0.253. The molecule has 0 spiro atoms. The van der Waals surface area contributed by atoms with Gasteiger partial charge in [-0.2, -0.15) is 0 Å². The molecule has 0 aromatic heterocycles. The van der Waals surface area contributed by atoms with E-state index in [0.29, 0.717) is 12.8 Å². The van der Waals surface area contributed by atoms with Crippen molar-refractivity contribution in [2.75, 3.05) is 0 Å². The molecule has 1 aliphatic rings. The molecule has 0 amide bonds. The maximum atomic E-state index is 12.6. The molecule has 1 aliphatic carbocycles. The van der Waals surface area contributed by atoms with E-state index in [-0.39, 0.29) is 4.90 Å². The van der Waals surface area contributed by atoms with Crippen LogP contribution in [0.25, 0.3) is 0 Å². The molecule has 1 aromatic carbocycles. The van der Waals surface area contributed by atoms with Crippen molar-refractivity contribution in [2.45, 2.75) is 48.4 Å². The molecular weight excluding hydrogens is 260 g/mol. The van der Waals surface area contributed by atoms with Crippen molar-refractivity contribution >= 4 is 9.84 Å². The van der Waals surface area contributed by atoms with Crippen LogP contribution < -0.4 is 0 Å². The van der Waals surface area contributed by atoms with E-state index in [2.05, 4.69) is 6.58 Å². The third kappa shape index (κ3) is 2.60. The van der Waals surface area contributed by atoms with Gasteiger partial charge in [-0.3, -0.25) is 0 Å². The molecule has 1 unspecified atom stereocenters. The Hall–Kier alpha value is -1.13. The Morgan fingerprint density at radius 3 is 2.26 bits per heavy atom. The zero-order valence-electron chi connectivity index (χ0n) is 11.2. The maximum Gasteiger partial charge on any atom is 0.187 e. The van der Waals surface area contributed by atoms with Crippen LogP contribution in [0, 0.1) is 6.92 Å². The fraction of sp³-hybridized carbons (Fsp3) is 0.467. The Morgan fingerprint density at radius 2 is 1.79 bits per heavy atom. The third-order valence-electron chi connectivity index (χ3n) is 3.90. The van der Waals surface area contributed by atoms with Gasteiger partial charge in [0.15, 0.2) is 9.84 Å². The van der Waals surface area contributed by atoms with Crippen LogP contribution in [0.5, 0.6) is 0 Å². The molecule has 0 bridgehead atoms. The quantitative estimate of drug-likeness (QED) is 0.863. The highest BCUT2D eigenvalue weighted by Crippen LogP contribution is 2.38. The smallest absolute Gasteiger partial charge is 0.187 e. The molecule has 2 rings (SSSR count). The third-order valence-corrected chi connectivity index (χ3v) is 6.13. The predicted octanol–water partition coefficient (Wildman–Crippen LogP) is 2.63. The summed E-state index contributed by atoms with van der Waals surface area (Å²) >= 11 is 0. The Labute approximate surface area is 114 Å². The lowest BCUT2D eigenvalue weighted by Crippen LogP contribution is -2.43. The lowest BCUT2D eigenvalue weighted by molar-refractivity contribution is 0.0540. The first kappa shape index (κ1) is 14.3. The van der Waals surface area contributed by atoms with Crippen molar-refractivity contribution in [2.24, 2.45) is 0 Å². The van der Waals surface area contributed by atoms with Crippen molar-refractivity contribution in [1.29, 1.82) is 0 Å². The Kier molecular flexibility index (Phi) is 3.83. The van der Waals surface area contributed by atoms with Crippen molar-refractivity contribution in [3.63, 3.8) is 0 Å². The van der Waals surface area contributed by atoms with Gasteiger partial charge in [0.1, 0.15) is 5.25 Å². The summed E-state index contributed by atoms with van der Waals surface area (Å²) in [6.07, 6.45) is 4.15. The second-order valence-electron chi connectivity index (χ2n) is 5.33. The van der Waals surface area contributed by atoms with Gasteiger partial charge in [0.2, 0.25) is 0 Å². The number of benzene rings is 1.